The van der Waals surface area contributed by atoms with Crippen LogP contribution in [0.3, 0.4) is 0 Å². The number of ether oxygens (including phenoxy) is 2. The van der Waals surface area contributed by atoms with Crippen LogP contribution in [0.4, 0.5) is 8.78 Å². The standard InChI is InChI=1S/C13H15ClF2N2O4/c1-21-12(20)5-10(18-11(19)6-17)7-2-8(14)4-9(3-7)22-13(15)16/h2-4,10,13H,5-6,17H2,1H3,(H,18,19)/t10-/m0/s1. The first kappa shape index (κ1) is 18.1. The first-order valence-electron chi connectivity index (χ1n) is 6.17. The predicted octanol–water partition coefficient (Wildman–Crippen LogP) is 1.62. The summed E-state index contributed by atoms with van der Waals surface area (Å²) in [4.78, 5) is 22.9. The Morgan fingerprint density at radius 3 is 2.59 bits per heavy atom. The fraction of sp³-hybridized carbons (Fsp3) is 0.385. The van der Waals surface area contributed by atoms with Crippen molar-refractivity contribution in [2.24, 2.45) is 5.73 Å². The molecule has 1 aromatic rings. The van der Waals surface area contributed by atoms with E-state index in [1.807, 2.05) is 0 Å². The van der Waals surface area contributed by atoms with Crippen molar-refractivity contribution >= 4 is 23.5 Å². The van der Waals surface area contributed by atoms with Crippen molar-refractivity contribution in [3.05, 3.63) is 28.8 Å². The van der Waals surface area contributed by atoms with Crippen LogP contribution >= 0.6 is 11.6 Å². The Balaban J connectivity index is 3.08. The van der Waals surface area contributed by atoms with Crippen molar-refractivity contribution in [1.82, 2.24) is 5.32 Å². The molecule has 1 atom stereocenters. The van der Waals surface area contributed by atoms with Crippen molar-refractivity contribution in [3.63, 3.8) is 0 Å². The van der Waals surface area contributed by atoms with Crippen LogP contribution in [0.25, 0.3) is 0 Å². The zero-order chi connectivity index (χ0) is 16.7. The third kappa shape index (κ3) is 5.82. The van der Waals surface area contributed by atoms with Crippen LogP contribution in [0, 0.1) is 0 Å². The zero-order valence-corrected chi connectivity index (χ0v) is 12.4. The van der Waals surface area contributed by atoms with Crippen molar-refractivity contribution in [2.75, 3.05) is 13.7 Å². The molecular weight excluding hydrogens is 322 g/mol. The van der Waals surface area contributed by atoms with Crippen molar-refractivity contribution in [1.29, 1.82) is 0 Å². The van der Waals surface area contributed by atoms with Gasteiger partial charge in [-0.15, -0.1) is 0 Å². The Hall–Kier alpha value is -1.93. The molecule has 0 heterocycles. The number of hydrogen-bond donors (Lipinski definition) is 2. The number of alkyl halides is 2. The Morgan fingerprint density at radius 2 is 2.05 bits per heavy atom. The molecule has 0 aliphatic heterocycles. The number of carbonyl (C=O) groups is 2. The molecule has 1 rings (SSSR count). The largest absolute Gasteiger partial charge is 0.469 e. The van der Waals surface area contributed by atoms with Crippen LogP contribution in [-0.4, -0.2) is 32.1 Å². The molecule has 0 aromatic heterocycles. The van der Waals surface area contributed by atoms with Crippen molar-refractivity contribution in [3.8, 4) is 5.75 Å². The number of amides is 1. The summed E-state index contributed by atoms with van der Waals surface area (Å²) in [5, 5.41) is 2.61. The van der Waals surface area contributed by atoms with Gasteiger partial charge in [-0.3, -0.25) is 9.59 Å². The van der Waals surface area contributed by atoms with Gasteiger partial charge in [-0.1, -0.05) is 11.6 Å². The highest BCUT2D eigenvalue weighted by molar-refractivity contribution is 6.30. The third-order valence-electron chi connectivity index (χ3n) is 2.64. The van der Waals surface area contributed by atoms with Gasteiger partial charge in [0.25, 0.3) is 0 Å². The number of esters is 1. The van der Waals surface area contributed by atoms with E-state index in [4.69, 9.17) is 17.3 Å². The molecule has 0 radical (unpaired) electrons. The average molecular weight is 337 g/mol. The Bertz CT molecular complexity index is 525. The minimum atomic E-state index is -3.02. The van der Waals surface area contributed by atoms with Gasteiger partial charge in [-0.25, -0.2) is 0 Å². The Labute approximate surface area is 130 Å². The molecule has 1 amide bonds. The van der Waals surface area contributed by atoms with Crippen LogP contribution in [-0.2, 0) is 14.3 Å². The molecule has 6 nitrogen and oxygen atoms in total. The van der Waals surface area contributed by atoms with Crippen LogP contribution in [0.1, 0.15) is 18.0 Å². The van der Waals surface area contributed by atoms with Crippen molar-refractivity contribution in [2.45, 2.75) is 19.1 Å². The average Bonchev–Trinajstić information content (AvgIpc) is 2.44. The maximum Gasteiger partial charge on any atom is 0.387 e. The fourth-order valence-electron chi connectivity index (χ4n) is 1.71. The number of rotatable bonds is 7. The molecule has 0 aliphatic rings. The SMILES string of the molecule is COC(=O)C[C@H](NC(=O)CN)c1cc(Cl)cc(OC(F)F)c1. The molecule has 0 unspecified atom stereocenters. The minimum Gasteiger partial charge on any atom is -0.469 e. The summed E-state index contributed by atoms with van der Waals surface area (Å²) in [6, 6.07) is 3.03. The van der Waals surface area contributed by atoms with Gasteiger partial charge in [0.05, 0.1) is 26.1 Å². The summed E-state index contributed by atoms with van der Waals surface area (Å²) in [5.41, 5.74) is 5.52. The topological polar surface area (TPSA) is 90.7 Å². The zero-order valence-electron chi connectivity index (χ0n) is 11.6. The van der Waals surface area contributed by atoms with Gasteiger partial charge in [0.2, 0.25) is 5.91 Å². The number of hydrogen-bond acceptors (Lipinski definition) is 5. The lowest BCUT2D eigenvalue weighted by atomic mass is 10.0. The highest BCUT2D eigenvalue weighted by Crippen LogP contribution is 2.28. The minimum absolute atomic E-state index is 0.116. The molecule has 0 aliphatic carbocycles. The number of halogens is 3. The smallest absolute Gasteiger partial charge is 0.387 e. The van der Waals surface area contributed by atoms with Gasteiger partial charge < -0.3 is 20.5 Å². The van der Waals surface area contributed by atoms with E-state index in [2.05, 4.69) is 14.8 Å². The van der Waals surface area contributed by atoms with E-state index in [9.17, 15) is 18.4 Å². The summed E-state index contributed by atoms with van der Waals surface area (Å²) < 4.78 is 33.4. The second-order valence-corrected chi connectivity index (χ2v) is 4.64. The quantitative estimate of drug-likeness (QED) is 0.738. The van der Waals surface area contributed by atoms with Crippen LogP contribution in [0.5, 0.6) is 5.75 Å². The van der Waals surface area contributed by atoms with Gasteiger partial charge >= 0.3 is 12.6 Å². The highest BCUT2D eigenvalue weighted by atomic mass is 35.5. The normalized spacial score (nSPS) is 11.9. The maximum absolute atomic E-state index is 12.3. The molecule has 0 saturated heterocycles. The number of carbonyl (C=O) groups excluding carboxylic acids is 2. The Morgan fingerprint density at radius 1 is 1.36 bits per heavy atom. The Kier molecular flexibility index (Phi) is 7.00. The first-order valence-corrected chi connectivity index (χ1v) is 6.55. The van der Waals surface area contributed by atoms with Crippen LogP contribution in [0.2, 0.25) is 5.02 Å². The fourth-order valence-corrected chi connectivity index (χ4v) is 1.95. The van der Waals surface area contributed by atoms with Gasteiger partial charge in [0.15, 0.2) is 0 Å². The molecule has 0 spiro atoms. The second kappa shape index (κ2) is 8.50. The molecule has 0 saturated carbocycles. The van der Waals surface area contributed by atoms with E-state index in [0.717, 1.165) is 0 Å². The molecule has 22 heavy (non-hydrogen) atoms. The summed E-state index contributed by atoms with van der Waals surface area (Å²) in [5.74, 6) is -1.31. The van der Waals surface area contributed by atoms with E-state index in [1.54, 1.807) is 0 Å². The summed E-state index contributed by atoms with van der Waals surface area (Å²) in [6.45, 7) is -3.32. The van der Waals surface area contributed by atoms with Crippen LogP contribution < -0.4 is 15.8 Å². The molecular formula is C13H15ClF2N2O4. The van der Waals surface area contributed by atoms with E-state index in [1.165, 1.54) is 25.3 Å². The maximum atomic E-state index is 12.3. The van der Waals surface area contributed by atoms with Gasteiger partial charge in [-0.05, 0) is 23.8 Å². The lowest BCUT2D eigenvalue weighted by Crippen LogP contribution is -2.35. The van der Waals surface area contributed by atoms with Gasteiger partial charge in [0, 0.05) is 5.02 Å². The van der Waals surface area contributed by atoms with Crippen molar-refractivity contribution < 1.29 is 27.8 Å². The highest BCUT2D eigenvalue weighted by Gasteiger charge is 2.20. The van der Waals surface area contributed by atoms with E-state index < -0.39 is 24.5 Å². The molecule has 3 N–H and O–H groups in total. The molecule has 9 heteroatoms. The lowest BCUT2D eigenvalue weighted by molar-refractivity contribution is -0.141. The van der Waals surface area contributed by atoms with Gasteiger partial charge in [-0.2, -0.15) is 8.78 Å². The molecule has 1 aromatic carbocycles. The summed E-state index contributed by atoms with van der Waals surface area (Å²) in [6.07, 6.45) is -0.212. The number of nitrogens with two attached hydrogens (primary N) is 1. The van der Waals surface area contributed by atoms with Gasteiger partial charge in [0.1, 0.15) is 5.75 Å². The monoisotopic (exact) mass is 336 g/mol. The lowest BCUT2D eigenvalue weighted by Gasteiger charge is -2.19. The number of methoxy groups -OCH3 is 1. The third-order valence-corrected chi connectivity index (χ3v) is 2.86. The summed E-state index contributed by atoms with van der Waals surface area (Å²) in [7, 11) is 1.19. The number of benzene rings is 1. The second-order valence-electron chi connectivity index (χ2n) is 4.20. The predicted molar refractivity (Wildman–Crippen MR) is 74.7 cm³/mol. The first-order chi connectivity index (χ1) is 10.3. The molecule has 122 valence electrons. The van der Waals surface area contributed by atoms with E-state index in [-0.39, 0.29) is 23.7 Å². The van der Waals surface area contributed by atoms with E-state index in [0.29, 0.717) is 5.56 Å². The molecule has 0 fully saturated rings. The summed E-state index contributed by atoms with van der Waals surface area (Å²) >= 11 is 5.84. The number of nitrogens with one attached hydrogen (secondary N) is 1. The van der Waals surface area contributed by atoms with Crippen LogP contribution in [0.15, 0.2) is 18.2 Å². The van der Waals surface area contributed by atoms with E-state index >= 15 is 0 Å². The molecule has 0 bridgehead atoms.